The molecule has 0 saturated carbocycles. The number of amides is 2. The Hall–Kier alpha value is -1.62. The van der Waals surface area contributed by atoms with Gasteiger partial charge in [-0.3, -0.25) is 9.59 Å². The molecule has 1 rings (SSSR count). The van der Waals surface area contributed by atoms with Crippen molar-refractivity contribution >= 4 is 23.4 Å². The molecule has 86 valence electrons. The highest BCUT2D eigenvalue weighted by molar-refractivity contribution is 6.29. The molecule has 5 nitrogen and oxygen atoms in total. The molecular weight excluding hydrogens is 230 g/mol. The first-order chi connectivity index (χ1) is 7.50. The number of nitrogens with zero attached hydrogens (tertiary/aromatic N) is 2. The van der Waals surface area contributed by atoms with Crippen LogP contribution in [0.15, 0.2) is 18.2 Å². The second kappa shape index (κ2) is 5.46. The van der Waals surface area contributed by atoms with Gasteiger partial charge in [-0.15, -0.1) is 0 Å². The summed E-state index contributed by atoms with van der Waals surface area (Å²) in [6.07, 6.45) is 0. The highest BCUT2D eigenvalue weighted by atomic mass is 35.5. The number of likely N-dealkylation sites (N-methyl/N-ethyl adjacent to an activating group) is 1. The maximum absolute atomic E-state index is 11.5. The fraction of sp³-hybridized carbons (Fsp3) is 0.300. The van der Waals surface area contributed by atoms with Gasteiger partial charge in [0.2, 0.25) is 5.91 Å². The van der Waals surface area contributed by atoms with E-state index in [1.807, 2.05) is 0 Å². The van der Waals surface area contributed by atoms with Gasteiger partial charge in [0.1, 0.15) is 10.8 Å². The summed E-state index contributed by atoms with van der Waals surface area (Å²) in [5, 5.41) is 2.70. The van der Waals surface area contributed by atoms with Crippen LogP contribution < -0.4 is 5.32 Å². The zero-order valence-electron chi connectivity index (χ0n) is 9.03. The van der Waals surface area contributed by atoms with E-state index in [1.165, 1.54) is 11.0 Å². The molecule has 0 bridgehead atoms. The molecule has 0 atom stereocenters. The van der Waals surface area contributed by atoms with Gasteiger partial charge in [-0.25, -0.2) is 4.98 Å². The number of hydrogen-bond donors (Lipinski definition) is 1. The summed E-state index contributed by atoms with van der Waals surface area (Å²) in [6.45, 7) is -0.0555. The Balaban J connectivity index is 2.57. The second-order valence-corrected chi connectivity index (χ2v) is 3.70. The molecule has 6 heteroatoms. The van der Waals surface area contributed by atoms with Gasteiger partial charge in [0.15, 0.2) is 0 Å². The summed E-state index contributed by atoms with van der Waals surface area (Å²) < 4.78 is 0. The third-order valence-electron chi connectivity index (χ3n) is 1.85. The van der Waals surface area contributed by atoms with Gasteiger partial charge in [-0.05, 0) is 12.1 Å². The largest absolute Gasteiger partial charge is 0.347 e. The summed E-state index contributed by atoms with van der Waals surface area (Å²) in [6, 6.07) is 4.72. The number of hydrogen-bond acceptors (Lipinski definition) is 3. The quantitative estimate of drug-likeness (QED) is 0.787. The maximum Gasteiger partial charge on any atom is 0.270 e. The van der Waals surface area contributed by atoms with Crippen LogP contribution in [0, 0.1) is 0 Å². The van der Waals surface area contributed by atoms with E-state index in [0.29, 0.717) is 0 Å². The lowest BCUT2D eigenvalue weighted by Gasteiger charge is -2.10. The van der Waals surface area contributed by atoms with Crippen molar-refractivity contribution in [1.29, 1.82) is 0 Å². The monoisotopic (exact) mass is 241 g/mol. The second-order valence-electron chi connectivity index (χ2n) is 3.32. The molecule has 16 heavy (non-hydrogen) atoms. The van der Waals surface area contributed by atoms with Crippen molar-refractivity contribution in [1.82, 2.24) is 15.2 Å². The van der Waals surface area contributed by atoms with E-state index in [1.54, 1.807) is 26.2 Å². The summed E-state index contributed by atoms with van der Waals surface area (Å²) in [5.74, 6) is -0.604. The molecule has 1 heterocycles. The fourth-order valence-electron chi connectivity index (χ4n) is 0.939. The Bertz CT molecular complexity index is 407. The van der Waals surface area contributed by atoms with Crippen LogP contribution in [0.5, 0.6) is 0 Å². The van der Waals surface area contributed by atoms with E-state index >= 15 is 0 Å². The van der Waals surface area contributed by atoms with Crippen LogP contribution in [0.4, 0.5) is 0 Å². The molecule has 1 N–H and O–H groups in total. The number of halogens is 1. The van der Waals surface area contributed by atoms with Crippen molar-refractivity contribution < 1.29 is 9.59 Å². The van der Waals surface area contributed by atoms with Crippen molar-refractivity contribution in [2.45, 2.75) is 0 Å². The minimum Gasteiger partial charge on any atom is -0.347 e. The van der Waals surface area contributed by atoms with Crippen molar-refractivity contribution in [2.75, 3.05) is 20.6 Å². The molecule has 0 spiro atoms. The lowest BCUT2D eigenvalue weighted by molar-refractivity contribution is -0.127. The van der Waals surface area contributed by atoms with Gasteiger partial charge in [-0.1, -0.05) is 17.7 Å². The molecule has 0 aliphatic heterocycles. The van der Waals surface area contributed by atoms with Gasteiger partial charge in [0, 0.05) is 14.1 Å². The lowest BCUT2D eigenvalue weighted by atomic mass is 10.3. The highest BCUT2D eigenvalue weighted by Gasteiger charge is 2.10. The topological polar surface area (TPSA) is 62.3 Å². The fourth-order valence-corrected chi connectivity index (χ4v) is 1.10. The van der Waals surface area contributed by atoms with Gasteiger partial charge in [0.05, 0.1) is 6.54 Å². The molecule has 1 aromatic heterocycles. The molecule has 0 aliphatic carbocycles. The first-order valence-electron chi connectivity index (χ1n) is 4.61. The Morgan fingerprint density at radius 3 is 2.69 bits per heavy atom. The van der Waals surface area contributed by atoms with Gasteiger partial charge >= 0.3 is 0 Å². The maximum atomic E-state index is 11.5. The molecule has 2 amide bonds. The third kappa shape index (κ3) is 3.51. The van der Waals surface area contributed by atoms with E-state index in [-0.39, 0.29) is 23.3 Å². The van der Waals surface area contributed by atoms with Crippen molar-refractivity contribution in [3.63, 3.8) is 0 Å². The molecular formula is C10H12ClN3O2. The van der Waals surface area contributed by atoms with E-state index in [2.05, 4.69) is 10.3 Å². The summed E-state index contributed by atoms with van der Waals surface area (Å²) in [5.41, 5.74) is 0.194. The van der Waals surface area contributed by atoms with E-state index < -0.39 is 5.91 Å². The predicted molar refractivity (Wildman–Crippen MR) is 60.3 cm³/mol. The zero-order valence-corrected chi connectivity index (χ0v) is 9.78. The number of pyridine rings is 1. The third-order valence-corrected chi connectivity index (χ3v) is 2.06. The van der Waals surface area contributed by atoms with Gasteiger partial charge in [-0.2, -0.15) is 0 Å². The molecule has 0 unspecified atom stereocenters. The zero-order chi connectivity index (χ0) is 12.1. The van der Waals surface area contributed by atoms with Gasteiger partial charge in [0.25, 0.3) is 5.91 Å². The average Bonchev–Trinajstić information content (AvgIpc) is 2.25. The smallest absolute Gasteiger partial charge is 0.270 e. The molecule has 0 fully saturated rings. The summed E-state index contributed by atoms with van der Waals surface area (Å²) >= 11 is 5.64. The number of aromatic nitrogens is 1. The van der Waals surface area contributed by atoms with Crippen LogP contribution in [0.3, 0.4) is 0 Å². The van der Waals surface area contributed by atoms with Crippen LogP contribution in [0.25, 0.3) is 0 Å². The summed E-state index contributed by atoms with van der Waals surface area (Å²) in [4.78, 5) is 28.0. The minimum absolute atomic E-state index is 0.0555. The SMILES string of the molecule is CN(C)C(=O)CNC(=O)c1cccc(Cl)n1. The number of carbonyl (C=O) groups excluding carboxylic acids is 2. The van der Waals surface area contributed by atoms with Crippen molar-refractivity contribution in [3.8, 4) is 0 Å². The van der Waals surface area contributed by atoms with E-state index in [9.17, 15) is 9.59 Å². The van der Waals surface area contributed by atoms with E-state index in [4.69, 9.17) is 11.6 Å². The number of nitrogens with one attached hydrogen (secondary N) is 1. The Morgan fingerprint density at radius 2 is 2.12 bits per heavy atom. The molecule has 0 radical (unpaired) electrons. The Labute approximate surface area is 98.4 Å². The number of carbonyl (C=O) groups is 2. The van der Waals surface area contributed by atoms with Gasteiger partial charge < -0.3 is 10.2 Å². The summed E-state index contributed by atoms with van der Waals surface area (Å²) in [7, 11) is 3.23. The number of rotatable bonds is 3. The highest BCUT2D eigenvalue weighted by Crippen LogP contribution is 2.04. The molecule has 0 aromatic carbocycles. The Kier molecular flexibility index (Phi) is 4.25. The normalized spacial score (nSPS) is 9.69. The van der Waals surface area contributed by atoms with Crippen LogP contribution in [-0.2, 0) is 4.79 Å². The van der Waals surface area contributed by atoms with Crippen molar-refractivity contribution in [2.24, 2.45) is 0 Å². The molecule has 0 aliphatic rings. The Morgan fingerprint density at radius 1 is 1.44 bits per heavy atom. The molecule has 0 saturated heterocycles. The van der Waals surface area contributed by atoms with Crippen LogP contribution >= 0.6 is 11.6 Å². The van der Waals surface area contributed by atoms with E-state index in [0.717, 1.165) is 0 Å². The van der Waals surface area contributed by atoms with Crippen LogP contribution in [0.1, 0.15) is 10.5 Å². The predicted octanol–water partition coefficient (Wildman–Crippen LogP) is 0.553. The standard InChI is InChI=1S/C10H12ClN3O2/c1-14(2)9(15)6-12-10(16)7-4-3-5-8(11)13-7/h3-5H,6H2,1-2H3,(H,12,16). The van der Waals surface area contributed by atoms with Crippen molar-refractivity contribution in [3.05, 3.63) is 29.0 Å². The first-order valence-corrected chi connectivity index (χ1v) is 4.99. The average molecular weight is 242 g/mol. The minimum atomic E-state index is -0.419. The van der Waals surface area contributed by atoms with Crippen LogP contribution in [0.2, 0.25) is 5.15 Å². The first kappa shape index (κ1) is 12.4. The molecule has 1 aromatic rings. The lowest BCUT2D eigenvalue weighted by Crippen LogP contribution is -2.36. The van der Waals surface area contributed by atoms with Crippen LogP contribution in [-0.4, -0.2) is 42.3 Å².